The maximum atomic E-state index is 12.5. The van der Waals surface area contributed by atoms with Crippen LogP contribution in [0.5, 0.6) is 0 Å². The van der Waals surface area contributed by atoms with Crippen molar-refractivity contribution in [1.29, 1.82) is 0 Å². The minimum Gasteiger partial charge on any atom is -0.459 e. The summed E-state index contributed by atoms with van der Waals surface area (Å²) in [6.07, 6.45) is 5.58. The summed E-state index contributed by atoms with van der Waals surface area (Å²) in [5, 5.41) is 13.3. The molecule has 1 saturated heterocycles. The number of carbonyl (C=O) groups is 2. The summed E-state index contributed by atoms with van der Waals surface area (Å²) < 4.78 is 5.10. The fourth-order valence-electron chi connectivity index (χ4n) is 4.10. The third-order valence-electron chi connectivity index (χ3n) is 5.80. The predicted octanol–water partition coefficient (Wildman–Crippen LogP) is 5.84. The Kier molecular flexibility index (Phi) is 8.58. The molecule has 1 aromatic heterocycles. The zero-order valence-corrected chi connectivity index (χ0v) is 21.4. The number of nitrogens with one attached hydrogen (secondary N) is 4. The van der Waals surface area contributed by atoms with Gasteiger partial charge in [-0.25, -0.2) is 0 Å². The normalized spacial score (nSPS) is 15.4. The minimum atomic E-state index is -0.323. The van der Waals surface area contributed by atoms with E-state index in [0.717, 1.165) is 37.9 Å². The van der Waals surface area contributed by atoms with Crippen molar-refractivity contribution in [1.82, 2.24) is 5.32 Å². The van der Waals surface area contributed by atoms with Crippen molar-refractivity contribution in [2.75, 3.05) is 27.4 Å². The van der Waals surface area contributed by atoms with E-state index >= 15 is 0 Å². The highest BCUT2D eigenvalue weighted by atomic mass is 35.5. The maximum absolute atomic E-state index is 12.5. The van der Waals surface area contributed by atoms with E-state index in [1.807, 2.05) is 12.1 Å². The molecular formula is C26H28ClN5O3S. The van der Waals surface area contributed by atoms with Crippen molar-refractivity contribution in [3.63, 3.8) is 0 Å². The fourth-order valence-corrected chi connectivity index (χ4v) is 4.61. The molecule has 1 fully saturated rings. The van der Waals surface area contributed by atoms with Gasteiger partial charge >= 0.3 is 0 Å². The number of hydrogen-bond acceptors (Lipinski definition) is 5. The highest BCUT2D eigenvalue weighted by Gasteiger charge is 2.25. The van der Waals surface area contributed by atoms with Crippen LogP contribution in [0.4, 0.5) is 22.7 Å². The van der Waals surface area contributed by atoms with Crippen molar-refractivity contribution in [3.05, 3.63) is 71.6 Å². The number of carbonyl (C=O) groups excluding carboxylic acids is 2. The van der Waals surface area contributed by atoms with Gasteiger partial charge in [0, 0.05) is 24.0 Å². The summed E-state index contributed by atoms with van der Waals surface area (Å²) >= 11 is 12.0. The van der Waals surface area contributed by atoms with Gasteiger partial charge in [-0.15, -0.1) is 0 Å². The molecule has 1 atom stereocenters. The molecule has 0 radical (unpaired) electrons. The van der Waals surface area contributed by atoms with Crippen LogP contribution >= 0.6 is 23.8 Å². The van der Waals surface area contributed by atoms with Crippen LogP contribution in [0.25, 0.3) is 0 Å². The number of anilines is 4. The lowest BCUT2D eigenvalue weighted by molar-refractivity contribution is -0.117. The molecule has 1 aliphatic heterocycles. The topological polar surface area (TPSA) is 98.6 Å². The fraction of sp³-hybridized carbons (Fsp3) is 0.269. The molecule has 188 valence electrons. The Morgan fingerprint density at radius 2 is 1.69 bits per heavy atom. The number of halogens is 1. The molecule has 1 unspecified atom stereocenters. The summed E-state index contributed by atoms with van der Waals surface area (Å²) in [5.74, 6) is -0.140. The molecule has 4 N–H and O–H groups in total. The summed E-state index contributed by atoms with van der Waals surface area (Å²) in [6, 6.07) is 15.8. The first-order valence-corrected chi connectivity index (χ1v) is 12.5. The Hall–Kier alpha value is -3.40. The zero-order valence-electron chi connectivity index (χ0n) is 19.8. The van der Waals surface area contributed by atoms with E-state index in [-0.39, 0.29) is 23.7 Å². The van der Waals surface area contributed by atoms with Crippen LogP contribution in [0.1, 0.15) is 43.2 Å². The summed E-state index contributed by atoms with van der Waals surface area (Å²) in [7, 11) is 0. The first-order chi connectivity index (χ1) is 17.4. The molecule has 0 aliphatic carbocycles. The molecule has 10 heteroatoms. The molecule has 0 saturated carbocycles. The summed E-state index contributed by atoms with van der Waals surface area (Å²) in [4.78, 5) is 26.3. The van der Waals surface area contributed by atoms with Gasteiger partial charge in [0.1, 0.15) is 0 Å². The molecule has 4 rings (SSSR count). The standard InChI is InChI=1S/C26H28ClN5O3S/c1-17(33)32(24-7-3-2-4-14-28-24)22-13-12-20(16-21(22)27)31-26(36)30-19-10-8-18(9-11-19)29-25(34)23-6-5-15-35-23/h5-6,8-13,15-16,24,28H,2-4,7,14H2,1H3,(H,29,34)(H2,30,31,36). The highest BCUT2D eigenvalue weighted by molar-refractivity contribution is 7.80. The Morgan fingerprint density at radius 1 is 1.00 bits per heavy atom. The Morgan fingerprint density at radius 3 is 2.36 bits per heavy atom. The Bertz CT molecular complexity index is 1210. The molecule has 2 amide bonds. The molecule has 0 spiro atoms. The van der Waals surface area contributed by atoms with Crippen molar-refractivity contribution in [2.45, 2.75) is 38.8 Å². The maximum Gasteiger partial charge on any atom is 0.291 e. The van der Waals surface area contributed by atoms with Crippen LogP contribution in [-0.2, 0) is 4.79 Å². The first-order valence-electron chi connectivity index (χ1n) is 11.8. The second-order valence-electron chi connectivity index (χ2n) is 8.46. The number of benzene rings is 2. The third kappa shape index (κ3) is 6.63. The average Bonchev–Trinajstić information content (AvgIpc) is 3.26. The van der Waals surface area contributed by atoms with Gasteiger partial charge in [0.25, 0.3) is 5.91 Å². The monoisotopic (exact) mass is 525 g/mol. The summed E-state index contributed by atoms with van der Waals surface area (Å²) in [5.41, 5.74) is 2.73. The van der Waals surface area contributed by atoms with Crippen LogP contribution in [0, 0.1) is 0 Å². The molecule has 3 aromatic rings. The second kappa shape index (κ2) is 12.0. The largest absolute Gasteiger partial charge is 0.459 e. The van der Waals surface area contributed by atoms with Gasteiger partial charge in [0.2, 0.25) is 5.91 Å². The Labute approximate surface area is 220 Å². The van der Waals surface area contributed by atoms with E-state index in [2.05, 4.69) is 21.3 Å². The minimum absolute atomic E-state index is 0.0574. The molecule has 1 aliphatic rings. The van der Waals surface area contributed by atoms with Crippen molar-refractivity contribution < 1.29 is 14.0 Å². The van der Waals surface area contributed by atoms with Gasteiger partial charge in [-0.1, -0.05) is 18.0 Å². The number of amides is 2. The van der Waals surface area contributed by atoms with Gasteiger partial charge < -0.3 is 20.4 Å². The average molecular weight is 526 g/mol. The van der Waals surface area contributed by atoms with E-state index < -0.39 is 0 Å². The number of furan rings is 1. The Balaban J connectivity index is 1.36. The van der Waals surface area contributed by atoms with Crippen LogP contribution in [0.3, 0.4) is 0 Å². The van der Waals surface area contributed by atoms with Gasteiger partial charge in [-0.2, -0.15) is 0 Å². The second-order valence-corrected chi connectivity index (χ2v) is 9.28. The van der Waals surface area contributed by atoms with Crippen molar-refractivity contribution in [3.8, 4) is 0 Å². The van der Waals surface area contributed by atoms with Crippen LogP contribution in [-0.4, -0.2) is 29.6 Å². The molecule has 36 heavy (non-hydrogen) atoms. The van der Waals surface area contributed by atoms with E-state index in [0.29, 0.717) is 27.2 Å². The van der Waals surface area contributed by atoms with Crippen LogP contribution in [0.2, 0.25) is 5.02 Å². The van der Waals surface area contributed by atoms with E-state index in [4.69, 9.17) is 28.2 Å². The van der Waals surface area contributed by atoms with Gasteiger partial charge in [0.15, 0.2) is 10.9 Å². The lowest BCUT2D eigenvalue weighted by Gasteiger charge is -2.31. The quantitative estimate of drug-likeness (QED) is 0.300. The number of rotatable bonds is 6. The van der Waals surface area contributed by atoms with Crippen molar-refractivity contribution in [2.24, 2.45) is 0 Å². The van der Waals surface area contributed by atoms with Gasteiger partial charge in [0.05, 0.1) is 23.1 Å². The predicted molar refractivity (Wildman–Crippen MR) is 148 cm³/mol. The van der Waals surface area contributed by atoms with Crippen molar-refractivity contribution >= 4 is 63.5 Å². The lowest BCUT2D eigenvalue weighted by Crippen LogP contribution is -2.48. The van der Waals surface area contributed by atoms with Gasteiger partial charge in [-0.3, -0.25) is 19.8 Å². The molecule has 2 aromatic carbocycles. The van der Waals surface area contributed by atoms with E-state index in [1.54, 1.807) is 54.3 Å². The molecule has 2 heterocycles. The van der Waals surface area contributed by atoms with Crippen LogP contribution in [0.15, 0.2) is 65.3 Å². The smallest absolute Gasteiger partial charge is 0.291 e. The zero-order chi connectivity index (χ0) is 25.5. The summed E-state index contributed by atoms with van der Waals surface area (Å²) in [6.45, 7) is 2.44. The first kappa shape index (κ1) is 25.7. The van der Waals surface area contributed by atoms with Crippen LogP contribution < -0.4 is 26.2 Å². The SMILES string of the molecule is CC(=O)N(c1ccc(NC(=S)Nc2ccc(NC(=O)c3ccco3)cc2)cc1Cl)C1CCCCCN1. The molecule has 8 nitrogen and oxygen atoms in total. The number of thiocarbonyl (C=S) groups is 1. The molecule has 0 bridgehead atoms. The number of hydrogen-bond donors (Lipinski definition) is 4. The lowest BCUT2D eigenvalue weighted by atomic mass is 10.1. The molecular weight excluding hydrogens is 498 g/mol. The van der Waals surface area contributed by atoms with E-state index in [9.17, 15) is 9.59 Å². The number of nitrogens with zero attached hydrogens (tertiary/aromatic N) is 1. The third-order valence-corrected chi connectivity index (χ3v) is 6.30. The van der Waals surface area contributed by atoms with E-state index in [1.165, 1.54) is 6.26 Å². The van der Waals surface area contributed by atoms with Gasteiger partial charge in [-0.05, 0) is 92.6 Å². The highest BCUT2D eigenvalue weighted by Crippen LogP contribution is 2.31.